The molecule has 0 aromatic heterocycles. The van der Waals surface area contributed by atoms with Gasteiger partial charge in [-0.15, -0.1) is 12.4 Å². The number of hydrogen-bond acceptors (Lipinski definition) is 2. The molecule has 3 nitrogen and oxygen atoms in total. The van der Waals surface area contributed by atoms with Crippen molar-refractivity contribution in [1.29, 1.82) is 0 Å². The predicted octanol–water partition coefficient (Wildman–Crippen LogP) is 4.22. The lowest BCUT2D eigenvalue weighted by Crippen LogP contribution is -2.49. The number of carbonyl (C=O) groups excluding carboxylic acids is 1. The highest BCUT2D eigenvalue weighted by molar-refractivity contribution is 5.85. The molecule has 2 aromatic rings. The fourth-order valence-electron chi connectivity index (χ4n) is 3.89. The minimum absolute atomic E-state index is 0. The lowest BCUT2D eigenvalue weighted by Gasteiger charge is -2.38. The summed E-state index contributed by atoms with van der Waals surface area (Å²) in [6.45, 7) is 3.64. The fraction of sp³-hybridized carbons (Fsp3) is 0.409. The number of nitrogens with zero attached hydrogens (tertiary/aromatic N) is 1. The second kappa shape index (κ2) is 9.75. The largest absolute Gasteiger partial charge is 0.338 e. The minimum atomic E-state index is 0. The Morgan fingerprint density at radius 3 is 2.12 bits per heavy atom. The van der Waals surface area contributed by atoms with E-state index in [2.05, 4.69) is 31.2 Å². The zero-order chi connectivity index (χ0) is 17.6. The Morgan fingerprint density at radius 2 is 1.62 bits per heavy atom. The van der Waals surface area contributed by atoms with Crippen LogP contribution in [0.2, 0.25) is 0 Å². The summed E-state index contributed by atoms with van der Waals surface area (Å²) in [5, 5.41) is 0. The molecule has 1 fully saturated rings. The molecule has 0 radical (unpaired) electrons. The number of piperidine rings is 1. The molecule has 0 saturated carbocycles. The molecule has 0 spiro atoms. The van der Waals surface area contributed by atoms with Crippen molar-refractivity contribution in [3.8, 4) is 0 Å². The van der Waals surface area contributed by atoms with Gasteiger partial charge >= 0.3 is 0 Å². The molecule has 4 heteroatoms. The second-order valence-electron chi connectivity index (χ2n) is 7.18. The summed E-state index contributed by atoms with van der Waals surface area (Å²) in [4.78, 5) is 15.1. The quantitative estimate of drug-likeness (QED) is 0.854. The molecular formula is C22H29ClN2O. The van der Waals surface area contributed by atoms with Crippen molar-refractivity contribution in [2.75, 3.05) is 13.1 Å². The van der Waals surface area contributed by atoms with Gasteiger partial charge in [0, 0.05) is 31.5 Å². The molecule has 0 bridgehead atoms. The van der Waals surface area contributed by atoms with Crippen LogP contribution in [0.4, 0.5) is 0 Å². The maximum absolute atomic E-state index is 13.1. The van der Waals surface area contributed by atoms with Gasteiger partial charge in [-0.05, 0) is 29.9 Å². The number of amides is 1. The predicted molar refractivity (Wildman–Crippen MR) is 110 cm³/mol. The first-order chi connectivity index (χ1) is 12.2. The number of halogens is 1. The van der Waals surface area contributed by atoms with Crippen molar-refractivity contribution in [2.24, 2.45) is 11.7 Å². The highest BCUT2D eigenvalue weighted by atomic mass is 35.5. The Labute approximate surface area is 163 Å². The van der Waals surface area contributed by atoms with Crippen LogP contribution >= 0.6 is 12.4 Å². The third kappa shape index (κ3) is 4.87. The van der Waals surface area contributed by atoms with Crippen LogP contribution in [0.15, 0.2) is 60.7 Å². The minimum Gasteiger partial charge on any atom is -0.338 e. The highest BCUT2D eigenvalue weighted by Crippen LogP contribution is 2.30. The Kier molecular flexibility index (Phi) is 7.67. The summed E-state index contributed by atoms with van der Waals surface area (Å²) < 4.78 is 0. The third-order valence-electron chi connectivity index (χ3n) is 5.35. The van der Waals surface area contributed by atoms with Crippen molar-refractivity contribution in [3.05, 3.63) is 71.8 Å². The zero-order valence-electron chi connectivity index (χ0n) is 15.4. The first-order valence-corrected chi connectivity index (χ1v) is 9.28. The molecule has 2 unspecified atom stereocenters. The molecule has 2 aromatic carbocycles. The maximum Gasteiger partial charge on any atom is 0.223 e. The molecule has 2 atom stereocenters. The number of carbonyl (C=O) groups is 1. The molecule has 1 aliphatic rings. The summed E-state index contributed by atoms with van der Waals surface area (Å²) in [5.41, 5.74) is 8.34. The highest BCUT2D eigenvalue weighted by Gasteiger charge is 2.30. The van der Waals surface area contributed by atoms with E-state index in [4.69, 9.17) is 5.73 Å². The Hall–Kier alpha value is -1.84. The van der Waals surface area contributed by atoms with Gasteiger partial charge in [-0.2, -0.15) is 0 Å². The van der Waals surface area contributed by atoms with E-state index in [0.717, 1.165) is 19.4 Å². The Balaban J connectivity index is 0.00000243. The average Bonchev–Trinajstić information content (AvgIpc) is 2.67. The Morgan fingerprint density at radius 1 is 1.08 bits per heavy atom. The summed E-state index contributed by atoms with van der Waals surface area (Å²) in [5.74, 6) is 0.962. The van der Waals surface area contributed by atoms with Crippen molar-refractivity contribution in [2.45, 2.75) is 38.1 Å². The molecule has 140 valence electrons. The number of benzene rings is 2. The van der Waals surface area contributed by atoms with Crippen LogP contribution in [0.25, 0.3) is 0 Å². The van der Waals surface area contributed by atoms with Crippen LogP contribution < -0.4 is 5.73 Å². The maximum atomic E-state index is 13.1. The van der Waals surface area contributed by atoms with Gasteiger partial charge < -0.3 is 10.6 Å². The second-order valence-corrected chi connectivity index (χ2v) is 7.18. The van der Waals surface area contributed by atoms with Gasteiger partial charge in [-0.25, -0.2) is 0 Å². The van der Waals surface area contributed by atoms with E-state index < -0.39 is 0 Å². The zero-order valence-corrected chi connectivity index (χ0v) is 16.2. The monoisotopic (exact) mass is 372 g/mol. The third-order valence-corrected chi connectivity index (χ3v) is 5.35. The van der Waals surface area contributed by atoms with Crippen molar-refractivity contribution >= 4 is 18.3 Å². The van der Waals surface area contributed by atoms with Gasteiger partial charge in [-0.3, -0.25) is 4.79 Å². The lowest BCUT2D eigenvalue weighted by atomic mass is 9.86. The summed E-state index contributed by atoms with van der Waals surface area (Å²) >= 11 is 0. The van der Waals surface area contributed by atoms with Crippen LogP contribution in [0.5, 0.6) is 0 Å². The van der Waals surface area contributed by atoms with Gasteiger partial charge in [0.05, 0.1) is 0 Å². The molecular weight excluding hydrogens is 344 g/mol. The van der Waals surface area contributed by atoms with Crippen LogP contribution in [0.3, 0.4) is 0 Å². The van der Waals surface area contributed by atoms with Crippen LogP contribution in [0, 0.1) is 5.92 Å². The van der Waals surface area contributed by atoms with Gasteiger partial charge in [0.25, 0.3) is 0 Å². The molecule has 2 N–H and O–H groups in total. The van der Waals surface area contributed by atoms with Crippen LogP contribution in [-0.4, -0.2) is 29.9 Å². The first-order valence-electron chi connectivity index (χ1n) is 9.28. The van der Waals surface area contributed by atoms with Crippen molar-refractivity contribution in [1.82, 2.24) is 4.90 Å². The molecule has 26 heavy (non-hydrogen) atoms. The lowest BCUT2D eigenvalue weighted by molar-refractivity contribution is -0.135. The van der Waals surface area contributed by atoms with E-state index in [-0.39, 0.29) is 30.3 Å². The Bertz CT molecular complexity index is 638. The molecule has 3 rings (SSSR count). The van der Waals surface area contributed by atoms with Crippen molar-refractivity contribution < 1.29 is 4.79 Å². The van der Waals surface area contributed by atoms with E-state index in [1.54, 1.807) is 0 Å². The summed E-state index contributed by atoms with van der Waals surface area (Å²) in [6, 6.07) is 20.8. The molecule has 1 saturated heterocycles. The summed E-state index contributed by atoms with van der Waals surface area (Å²) in [7, 11) is 0. The van der Waals surface area contributed by atoms with E-state index >= 15 is 0 Å². The van der Waals surface area contributed by atoms with E-state index in [1.165, 1.54) is 11.1 Å². The molecule has 1 aliphatic heterocycles. The molecule has 0 aliphatic carbocycles. The molecule has 1 amide bonds. The topological polar surface area (TPSA) is 46.3 Å². The van der Waals surface area contributed by atoms with E-state index in [0.29, 0.717) is 18.9 Å². The van der Waals surface area contributed by atoms with Crippen LogP contribution in [-0.2, 0) is 4.79 Å². The smallest absolute Gasteiger partial charge is 0.223 e. The van der Waals surface area contributed by atoms with E-state index in [9.17, 15) is 4.79 Å². The number of nitrogens with two attached hydrogens (primary N) is 1. The normalized spacial score (nSPS) is 19.9. The first kappa shape index (κ1) is 20.5. The average molecular weight is 373 g/mol. The van der Waals surface area contributed by atoms with Gasteiger partial charge in [0.2, 0.25) is 5.91 Å². The number of rotatable bonds is 5. The number of likely N-dealkylation sites (tertiary alicyclic amines) is 1. The van der Waals surface area contributed by atoms with Gasteiger partial charge in [0.15, 0.2) is 0 Å². The summed E-state index contributed by atoms with van der Waals surface area (Å²) in [6.07, 6.45) is 2.59. The van der Waals surface area contributed by atoms with Gasteiger partial charge in [0.1, 0.15) is 0 Å². The molecule has 1 heterocycles. The SMILES string of the molecule is CC1CCN(C(=O)CC(c2ccccc2)c2ccccc2)C(CN)C1.Cl. The van der Waals surface area contributed by atoms with Gasteiger partial charge in [-0.1, -0.05) is 67.6 Å². The fourth-order valence-corrected chi connectivity index (χ4v) is 3.89. The standard InChI is InChI=1S/C22H28N2O.ClH/c1-17-12-13-24(20(14-17)16-23)22(25)15-21(18-8-4-2-5-9-18)19-10-6-3-7-11-19;/h2-11,17,20-21H,12-16,23H2,1H3;1H. The number of hydrogen-bond donors (Lipinski definition) is 1. The van der Waals surface area contributed by atoms with Crippen LogP contribution in [0.1, 0.15) is 43.2 Å². The van der Waals surface area contributed by atoms with Crippen molar-refractivity contribution in [3.63, 3.8) is 0 Å². The van der Waals surface area contributed by atoms with E-state index in [1.807, 2.05) is 41.3 Å².